The third kappa shape index (κ3) is 3.22. The Labute approximate surface area is 140 Å². The van der Waals surface area contributed by atoms with Crippen LogP contribution in [0.5, 0.6) is 5.75 Å². The van der Waals surface area contributed by atoms with Crippen molar-refractivity contribution < 1.29 is 18.6 Å². The molecule has 0 saturated carbocycles. The van der Waals surface area contributed by atoms with E-state index in [0.717, 1.165) is 5.56 Å². The van der Waals surface area contributed by atoms with Crippen LogP contribution in [0.2, 0.25) is 0 Å². The average Bonchev–Trinajstić information content (AvgIpc) is 2.93. The molecule has 2 aromatic heterocycles. The van der Waals surface area contributed by atoms with Crippen molar-refractivity contribution in [1.29, 1.82) is 0 Å². The van der Waals surface area contributed by atoms with Gasteiger partial charge in [0.05, 0.1) is 12.6 Å². The van der Waals surface area contributed by atoms with E-state index in [1.807, 2.05) is 6.92 Å². The van der Waals surface area contributed by atoms with E-state index in [1.165, 1.54) is 16.8 Å². The van der Waals surface area contributed by atoms with Crippen molar-refractivity contribution in [2.75, 3.05) is 0 Å². The van der Waals surface area contributed by atoms with Crippen molar-refractivity contribution in [3.63, 3.8) is 0 Å². The van der Waals surface area contributed by atoms with E-state index < -0.39 is 13.2 Å². The first-order valence-corrected chi connectivity index (χ1v) is 7.54. The molecule has 3 aromatic rings. The molecular weight excluding hydrogens is 334 g/mol. The molecular formula is C16H16F2N4O3. The smallest absolute Gasteiger partial charge is 0.387 e. The molecule has 25 heavy (non-hydrogen) atoms. The van der Waals surface area contributed by atoms with Crippen LogP contribution in [0, 0.1) is 6.92 Å². The minimum atomic E-state index is -2.88. The molecule has 0 aliphatic carbocycles. The van der Waals surface area contributed by atoms with Gasteiger partial charge in [0.1, 0.15) is 22.7 Å². The molecule has 0 aliphatic rings. The summed E-state index contributed by atoms with van der Waals surface area (Å²) < 4.78 is 30.3. The monoisotopic (exact) mass is 350 g/mol. The number of alkyl halides is 2. The first-order chi connectivity index (χ1) is 11.9. The first-order valence-electron chi connectivity index (χ1n) is 7.54. The minimum absolute atomic E-state index is 0.0535. The lowest BCUT2D eigenvalue weighted by atomic mass is 10.1. The molecule has 0 fully saturated rings. The maximum absolute atomic E-state index is 12.2. The number of H-pyrrole nitrogens is 1. The van der Waals surface area contributed by atoms with Gasteiger partial charge in [-0.25, -0.2) is 9.67 Å². The van der Waals surface area contributed by atoms with Crippen LogP contribution in [0.3, 0.4) is 0 Å². The molecule has 0 unspecified atom stereocenters. The Morgan fingerprint density at radius 2 is 2.00 bits per heavy atom. The molecule has 9 heteroatoms. The molecule has 2 heterocycles. The fraction of sp³-hybridized carbons (Fsp3) is 0.312. The normalized spacial score (nSPS) is 12.7. The minimum Gasteiger partial charge on any atom is -0.435 e. The molecule has 2 N–H and O–H groups in total. The molecule has 3 rings (SSSR count). The number of aromatic nitrogens is 4. The van der Waals surface area contributed by atoms with Gasteiger partial charge in [-0.3, -0.25) is 4.79 Å². The molecule has 132 valence electrons. The number of nitrogens with one attached hydrogen (secondary N) is 1. The molecule has 7 nitrogen and oxygen atoms in total. The second-order valence-corrected chi connectivity index (χ2v) is 5.52. The van der Waals surface area contributed by atoms with E-state index in [0.29, 0.717) is 11.5 Å². The maximum atomic E-state index is 12.2. The molecule has 0 bridgehead atoms. The molecule has 0 radical (unpaired) electrons. The third-order valence-corrected chi connectivity index (χ3v) is 3.86. The number of hydrogen-bond acceptors (Lipinski definition) is 5. The number of halogens is 2. The summed E-state index contributed by atoms with van der Waals surface area (Å²) in [6, 6.07) is 5.80. The van der Waals surface area contributed by atoms with E-state index in [9.17, 15) is 18.7 Å². The second-order valence-electron chi connectivity index (χ2n) is 5.52. The van der Waals surface area contributed by atoms with Gasteiger partial charge in [-0.05, 0) is 31.5 Å². The van der Waals surface area contributed by atoms with Gasteiger partial charge < -0.3 is 14.8 Å². The Balaban J connectivity index is 2.05. The van der Waals surface area contributed by atoms with Crippen LogP contribution in [0.15, 0.2) is 29.1 Å². The number of nitrogens with zero attached hydrogens (tertiary/aromatic N) is 3. The Bertz CT molecular complexity index is 950. The summed E-state index contributed by atoms with van der Waals surface area (Å²) in [6.45, 7) is 0.196. The molecule has 0 saturated heterocycles. The largest absolute Gasteiger partial charge is 0.435 e. The van der Waals surface area contributed by atoms with Crippen molar-refractivity contribution in [1.82, 2.24) is 19.7 Å². The van der Waals surface area contributed by atoms with Crippen molar-refractivity contribution >= 4 is 11.0 Å². The van der Waals surface area contributed by atoms with Crippen LogP contribution in [-0.4, -0.2) is 31.5 Å². The van der Waals surface area contributed by atoms with E-state index >= 15 is 0 Å². The van der Waals surface area contributed by atoms with E-state index in [-0.39, 0.29) is 28.4 Å². The lowest BCUT2D eigenvalue weighted by Crippen LogP contribution is -2.13. The zero-order valence-electron chi connectivity index (χ0n) is 13.5. The summed E-state index contributed by atoms with van der Waals surface area (Å²) in [5, 5.41) is 14.0. The topological polar surface area (TPSA) is 93.0 Å². The quantitative estimate of drug-likeness (QED) is 0.735. The number of rotatable bonds is 5. The van der Waals surface area contributed by atoms with Gasteiger partial charge in [-0.1, -0.05) is 12.1 Å². The highest BCUT2D eigenvalue weighted by Crippen LogP contribution is 2.25. The molecule has 1 aromatic carbocycles. The number of aliphatic hydroxyl groups excluding tert-OH is 1. The number of aliphatic hydroxyl groups is 1. The lowest BCUT2D eigenvalue weighted by molar-refractivity contribution is -0.0498. The van der Waals surface area contributed by atoms with Gasteiger partial charge in [-0.15, -0.1) is 0 Å². The number of fused-ring (bicyclic) bond motifs is 1. The fourth-order valence-corrected chi connectivity index (χ4v) is 2.67. The second kappa shape index (κ2) is 6.60. The van der Waals surface area contributed by atoms with Crippen molar-refractivity contribution in [3.8, 4) is 5.75 Å². The van der Waals surface area contributed by atoms with Gasteiger partial charge >= 0.3 is 6.61 Å². The van der Waals surface area contributed by atoms with E-state index in [1.54, 1.807) is 19.1 Å². The van der Waals surface area contributed by atoms with Crippen LogP contribution >= 0.6 is 0 Å². The number of ether oxygens (including phenoxy) is 1. The van der Waals surface area contributed by atoms with E-state index in [4.69, 9.17) is 0 Å². The maximum Gasteiger partial charge on any atom is 0.387 e. The fourth-order valence-electron chi connectivity index (χ4n) is 2.67. The number of aromatic amines is 1. The zero-order chi connectivity index (χ0) is 18.1. The molecule has 0 spiro atoms. The molecule has 0 aliphatic heterocycles. The summed E-state index contributed by atoms with van der Waals surface area (Å²) in [5.74, 6) is 0.480. The summed E-state index contributed by atoms with van der Waals surface area (Å²) in [7, 11) is 0. The summed E-state index contributed by atoms with van der Waals surface area (Å²) in [5.41, 5.74) is 0.972. The van der Waals surface area contributed by atoms with Crippen LogP contribution in [0.4, 0.5) is 8.78 Å². The van der Waals surface area contributed by atoms with Gasteiger partial charge in [0.15, 0.2) is 5.65 Å². The zero-order valence-corrected chi connectivity index (χ0v) is 13.5. The molecule has 1 atom stereocenters. The summed E-state index contributed by atoms with van der Waals surface area (Å²) >= 11 is 0. The highest BCUT2D eigenvalue weighted by molar-refractivity contribution is 5.77. The Kier molecular flexibility index (Phi) is 4.49. The highest BCUT2D eigenvalue weighted by Gasteiger charge is 2.20. The number of benzene rings is 1. The van der Waals surface area contributed by atoms with Gasteiger partial charge in [0.2, 0.25) is 0 Å². The van der Waals surface area contributed by atoms with Crippen LogP contribution < -0.4 is 10.3 Å². The molecule has 0 amide bonds. The third-order valence-electron chi connectivity index (χ3n) is 3.86. The predicted octanol–water partition coefficient (Wildman–Crippen LogP) is 2.13. The Morgan fingerprint density at radius 1 is 1.32 bits per heavy atom. The lowest BCUT2D eigenvalue weighted by Gasteiger charge is -2.14. The van der Waals surface area contributed by atoms with Gasteiger partial charge in [-0.2, -0.15) is 13.9 Å². The first kappa shape index (κ1) is 17.0. The van der Waals surface area contributed by atoms with Gasteiger partial charge in [0.25, 0.3) is 5.56 Å². The Hall–Kier alpha value is -2.81. The van der Waals surface area contributed by atoms with Crippen LogP contribution in [0.25, 0.3) is 11.0 Å². The standard InChI is InChI=1S/C16H16F2N4O3/c1-8(10-3-5-11(6-4-10)25-16(17)18)22-14-13(12(7-23)21-22)15(24)20-9(2)19-14/h3-6,8,16,23H,7H2,1-2H3,(H,19,20,24)/t8-/m1/s1. The highest BCUT2D eigenvalue weighted by atomic mass is 19.3. The van der Waals surface area contributed by atoms with Crippen LogP contribution in [0.1, 0.15) is 30.0 Å². The Morgan fingerprint density at radius 3 is 2.60 bits per heavy atom. The SMILES string of the molecule is Cc1nc2c(c(CO)nn2[C@H](C)c2ccc(OC(F)F)cc2)c(=O)[nH]1. The van der Waals surface area contributed by atoms with Crippen molar-refractivity contribution in [3.05, 3.63) is 51.7 Å². The van der Waals surface area contributed by atoms with Crippen molar-refractivity contribution in [2.24, 2.45) is 0 Å². The number of hydrogen-bond donors (Lipinski definition) is 2. The van der Waals surface area contributed by atoms with Gasteiger partial charge in [0, 0.05) is 0 Å². The average molecular weight is 350 g/mol. The summed E-state index contributed by atoms with van der Waals surface area (Å²) in [6.07, 6.45) is 0. The van der Waals surface area contributed by atoms with E-state index in [2.05, 4.69) is 19.8 Å². The predicted molar refractivity (Wildman–Crippen MR) is 85.7 cm³/mol. The summed E-state index contributed by atoms with van der Waals surface area (Å²) in [4.78, 5) is 19.1. The number of aryl methyl sites for hydroxylation is 1. The van der Waals surface area contributed by atoms with Crippen molar-refractivity contribution in [2.45, 2.75) is 33.1 Å². The van der Waals surface area contributed by atoms with Crippen LogP contribution in [-0.2, 0) is 6.61 Å².